The van der Waals surface area contributed by atoms with Crippen molar-refractivity contribution in [2.75, 3.05) is 6.54 Å². The predicted molar refractivity (Wildman–Crippen MR) is 67.0 cm³/mol. The molecule has 5 heteroatoms. The molecule has 1 amide bonds. The number of rotatable bonds is 3. The van der Waals surface area contributed by atoms with Crippen LogP contribution in [-0.2, 0) is 0 Å². The summed E-state index contributed by atoms with van der Waals surface area (Å²) in [4.78, 5) is 15.6. The molecule has 2 atom stereocenters. The van der Waals surface area contributed by atoms with E-state index in [2.05, 4.69) is 17.2 Å². The van der Waals surface area contributed by atoms with Gasteiger partial charge in [0.15, 0.2) is 0 Å². The molecule has 1 fully saturated rings. The lowest BCUT2D eigenvalue weighted by atomic mass is 9.79. The quantitative estimate of drug-likeness (QED) is 0.865. The van der Waals surface area contributed by atoms with E-state index >= 15 is 0 Å². The lowest BCUT2D eigenvalue weighted by Gasteiger charge is -2.35. The first kappa shape index (κ1) is 12.5. The summed E-state index contributed by atoms with van der Waals surface area (Å²) >= 11 is 1.39. The number of hydrogen-bond acceptors (Lipinski definition) is 4. The molecule has 0 aliphatic heterocycles. The third-order valence-electron chi connectivity index (χ3n) is 3.31. The maximum absolute atomic E-state index is 11.7. The summed E-state index contributed by atoms with van der Waals surface area (Å²) in [6, 6.07) is 0. The van der Waals surface area contributed by atoms with Crippen LogP contribution in [0, 0.1) is 5.92 Å². The van der Waals surface area contributed by atoms with Gasteiger partial charge in [0, 0.05) is 11.9 Å². The van der Waals surface area contributed by atoms with Gasteiger partial charge in [-0.3, -0.25) is 4.79 Å². The molecule has 1 heterocycles. The average molecular weight is 254 g/mol. The van der Waals surface area contributed by atoms with Crippen LogP contribution in [0.2, 0.25) is 0 Å². The second-order valence-corrected chi connectivity index (χ2v) is 5.70. The molecule has 1 saturated carbocycles. The summed E-state index contributed by atoms with van der Waals surface area (Å²) in [6.45, 7) is 2.47. The van der Waals surface area contributed by atoms with Crippen molar-refractivity contribution in [1.29, 1.82) is 0 Å². The van der Waals surface area contributed by atoms with Crippen molar-refractivity contribution in [2.45, 2.75) is 38.2 Å². The van der Waals surface area contributed by atoms with Gasteiger partial charge in [-0.05, 0) is 18.8 Å². The van der Waals surface area contributed by atoms with E-state index in [1.54, 1.807) is 10.9 Å². The summed E-state index contributed by atoms with van der Waals surface area (Å²) < 4.78 is 0. The number of hydrogen-bond donors (Lipinski definition) is 2. The minimum Gasteiger partial charge on any atom is -0.388 e. The zero-order valence-corrected chi connectivity index (χ0v) is 10.8. The van der Waals surface area contributed by atoms with Crippen molar-refractivity contribution in [3.63, 3.8) is 0 Å². The average Bonchev–Trinajstić information content (AvgIpc) is 2.79. The van der Waals surface area contributed by atoms with Gasteiger partial charge >= 0.3 is 0 Å². The molecule has 1 aliphatic rings. The topological polar surface area (TPSA) is 62.2 Å². The zero-order valence-electron chi connectivity index (χ0n) is 9.98. The van der Waals surface area contributed by atoms with Gasteiger partial charge in [-0.2, -0.15) is 0 Å². The van der Waals surface area contributed by atoms with Crippen LogP contribution in [0.5, 0.6) is 0 Å². The Balaban J connectivity index is 1.87. The minimum atomic E-state index is -0.733. The Labute approximate surface area is 105 Å². The van der Waals surface area contributed by atoms with Gasteiger partial charge in [-0.1, -0.05) is 19.8 Å². The number of thiazole rings is 1. The van der Waals surface area contributed by atoms with Crippen molar-refractivity contribution in [1.82, 2.24) is 10.3 Å². The van der Waals surface area contributed by atoms with Crippen LogP contribution in [-0.4, -0.2) is 28.1 Å². The molecule has 1 aliphatic carbocycles. The van der Waals surface area contributed by atoms with E-state index in [9.17, 15) is 9.90 Å². The lowest BCUT2D eigenvalue weighted by molar-refractivity contribution is -0.0109. The van der Waals surface area contributed by atoms with Gasteiger partial charge in [-0.25, -0.2) is 4.98 Å². The molecule has 0 aromatic carbocycles. The third-order valence-corrected chi connectivity index (χ3v) is 3.90. The second-order valence-electron chi connectivity index (χ2n) is 4.98. The van der Waals surface area contributed by atoms with Gasteiger partial charge in [0.25, 0.3) is 5.91 Å². The Morgan fingerprint density at radius 2 is 2.59 bits per heavy atom. The van der Waals surface area contributed by atoms with Crippen LogP contribution in [0.4, 0.5) is 0 Å². The molecule has 2 N–H and O–H groups in total. The summed E-state index contributed by atoms with van der Waals surface area (Å²) in [5.41, 5.74) is 1.33. The Kier molecular flexibility index (Phi) is 3.79. The van der Waals surface area contributed by atoms with Crippen LogP contribution >= 0.6 is 11.3 Å². The van der Waals surface area contributed by atoms with E-state index in [0.29, 0.717) is 18.2 Å². The maximum Gasteiger partial charge on any atom is 0.270 e. The molecule has 0 spiro atoms. The zero-order chi connectivity index (χ0) is 12.3. The molecular weight excluding hydrogens is 236 g/mol. The Morgan fingerprint density at radius 3 is 3.24 bits per heavy atom. The molecule has 0 bridgehead atoms. The van der Waals surface area contributed by atoms with Gasteiger partial charge in [0.05, 0.1) is 11.1 Å². The fourth-order valence-corrected chi connectivity index (χ4v) is 2.99. The van der Waals surface area contributed by atoms with E-state index in [0.717, 1.165) is 19.3 Å². The van der Waals surface area contributed by atoms with E-state index < -0.39 is 5.60 Å². The standard InChI is InChI=1S/C12H18N2O2S/c1-9-3-2-4-12(16,5-9)7-13-11(15)10-6-17-8-14-10/h6,8-9,16H,2-5,7H2,1H3,(H,13,15). The molecular formula is C12H18N2O2S. The van der Waals surface area contributed by atoms with Crippen LogP contribution in [0.1, 0.15) is 43.1 Å². The SMILES string of the molecule is CC1CCCC(O)(CNC(=O)c2cscn2)C1. The fraction of sp³-hybridized carbons (Fsp3) is 0.667. The predicted octanol–water partition coefficient (Wildman–Crippen LogP) is 1.81. The van der Waals surface area contributed by atoms with Crippen LogP contribution in [0.25, 0.3) is 0 Å². The van der Waals surface area contributed by atoms with Crippen molar-refractivity contribution in [2.24, 2.45) is 5.92 Å². The number of nitrogens with zero attached hydrogens (tertiary/aromatic N) is 1. The van der Waals surface area contributed by atoms with E-state index in [-0.39, 0.29) is 5.91 Å². The Bertz CT molecular complexity index is 380. The number of aromatic nitrogens is 1. The molecule has 2 rings (SSSR count). The molecule has 0 radical (unpaired) electrons. The molecule has 0 saturated heterocycles. The molecule has 1 aromatic heterocycles. The highest BCUT2D eigenvalue weighted by Gasteiger charge is 2.32. The number of carbonyl (C=O) groups is 1. The van der Waals surface area contributed by atoms with Gasteiger partial charge in [0.1, 0.15) is 5.69 Å². The fourth-order valence-electron chi connectivity index (χ4n) is 2.45. The third kappa shape index (κ3) is 3.26. The number of aliphatic hydroxyl groups is 1. The first-order valence-corrected chi connectivity index (χ1v) is 6.92. The largest absolute Gasteiger partial charge is 0.388 e. The molecule has 94 valence electrons. The van der Waals surface area contributed by atoms with Crippen molar-refractivity contribution < 1.29 is 9.90 Å². The summed E-state index contributed by atoms with van der Waals surface area (Å²) in [5.74, 6) is 0.336. The van der Waals surface area contributed by atoms with Crippen LogP contribution in [0.3, 0.4) is 0 Å². The molecule has 17 heavy (non-hydrogen) atoms. The molecule has 1 aromatic rings. The van der Waals surface area contributed by atoms with Gasteiger partial charge in [0.2, 0.25) is 0 Å². The minimum absolute atomic E-state index is 0.196. The Morgan fingerprint density at radius 1 is 1.76 bits per heavy atom. The Hall–Kier alpha value is -0.940. The smallest absolute Gasteiger partial charge is 0.270 e. The summed E-state index contributed by atoms with van der Waals surface area (Å²) in [5, 5.41) is 14.8. The first-order chi connectivity index (χ1) is 8.09. The number of carbonyl (C=O) groups excluding carboxylic acids is 1. The molecule has 4 nitrogen and oxygen atoms in total. The van der Waals surface area contributed by atoms with E-state index in [4.69, 9.17) is 0 Å². The summed E-state index contributed by atoms with van der Waals surface area (Å²) in [6.07, 6.45) is 3.74. The van der Waals surface area contributed by atoms with Crippen molar-refractivity contribution in [3.8, 4) is 0 Å². The van der Waals surface area contributed by atoms with Gasteiger partial charge < -0.3 is 10.4 Å². The van der Waals surface area contributed by atoms with Crippen molar-refractivity contribution in [3.05, 3.63) is 16.6 Å². The van der Waals surface area contributed by atoms with Crippen molar-refractivity contribution >= 4 is 17.2 Å². The van der Waals surface area contributed by atoms with Crippen LogP contribution in [0.15, 0.2) is 10.9 Å². The number of nitrogens with one attached hydrogen (secondary N) is 1. The number of amides is 1. The van der Waals surface area contributed by atoms with Crippen LogP contribution < -0.4 is 5.32 Å². The summed E-state index contributed by atoms with van der Waals surface area (Å²) in [7, 11) is 0. The highest BCUT2D eigenvalue weighted by Crippen LogP contribution is 2.31. The van der Waals surface area contributed by atoms with E-state index in [1.165, 1.54) is 17.8 Å². The second kappa shape index (κ2) is 5.14. The lowest BCUT2D eigenvalue weighted by Crippen LogP contribution is -2.45. The normalized spacial score (nSPS) is 28.9. The van der Waals surface area contributed by atoms with Gasteiger partial charge in [-0.15, -0.1) is 11.3 Å². The molecule has 2 unspecified atom stereocenters. The highest BCUT2D eigenvalue weighted by molar-refractivity contribution is 7.07. The van der Waals surface area contributed by atoms with E-state index in [1.807, 2.05) is 0 Å². The maximum atomic E-state index is 11.7. The monoisotopic (exact) mass is 254 g/mol. The first-order valence-electron chi connectivity index (χ1n) is 5.98. The highest BCUT2D eigenvalue weighted by atomic mass is 32.1.